The number of rotatable bonds is 1. The summed E-state index contributed by atoms with van der Waals surface area (Å²) in [6.45, 7) is 0.854. The normalized spacial score (nSPS) is 19.6. The average Bonchev–Trinajstić information content (AvgIpc) is 2.05. The number of halogens is 2. The van der Waals surface area contributed by atoms with Crippen molar-refractivity contribution in [2.24, 2.45) is 0 Å². The summed E-state index contributed by atoms with van der Waals surface area (Å²) in [5.74, 6) is -0.375. The minimum absolute atomic E-state index is 0.375. The number of benzene rings is 1. The van der Waals surface area contributed by atoms with Crippen LogP contribution in [0.3, 0.4) is 0 Å². The molecule has 0 aliphatic carbocycles. The van der Waals surface area contributed by atoms with Crippen LogP contribution in [0.5, 0.6) is 0 Å². The zero-order valence-electron chi connectivity index (χ0n) is 6.85. The van der Waals surface area contributed by atoms with Crippen LogP contribution in [0.25, 0.3) is 0 Å². The second kappa shape index (κ2) is 2.94. The molecule has 2 nitrogen and oxygen atoms in total. The van der Waals surface area contributed by atoms with Crippen LogP contribution in [0.4, 0.5) is 4.39 Å². The lowest BCUT2D eigenvalue weighted by molar-refractivity contribution is -0.0148. The Balaban J connectivity index is 2.43. The van der Waals surface area contributed by atoms with Gasteiger partial charge in [-0.15, -0.1) is 0 Å². The summed E-state index contributed by atoms with van der Waals surface area (Å²) in [7, 11) is 0. The molecule has 0 radical (unpaired) electrons. The van der Waals surface area contributed by atoms with Crippen LogP contribution in [0.2, 0.25) is 5.02 Å². The zero-order chi connectivity index (χ0) is 9.47. The fourth-order valence-corrected chi connectivity index (χ4v) is 1.70. The van der Waals surface area contributed by atoms with E-state index >= 15 is 0 Å². The Morgan fingerprint density at radius 2 is 2.15 bits per heavy atom. The van der Waals surface area contributed by atoms with Crippen LogP contribution in [0.1, 0.15) is 5.56 Å². The van der Waals surface area contributed by atoms with Gasteiger partial charge in [0.15, 0.2) is 0 Å². The molecule has 0 bridgehead atoms. The monoisotopic (exact) mass is 201 g/mol. The minimum Gasteiger partial charge on any atom is -0.382 e. The molecule has 0 spiro atoms. The van der Waals surface area contributed by atoms with Crippen LogP contribution in [0.15, 0.2) is 18.2 Å². The predicted octanol–water partition coefficient (Wildman–Crippen LogP) is 1.27. The van der Waals surface area contributed by atoms with Gasteiger partial charge < -0.3 is 10.4 Å². The van der Waals surface area contributed by atoms with Crippen LogP contribution in [0, 0.1) is 5.82 Å². The molecule has 2 rings (SSSR count). The second-order valence-corrected chi connectivity index (χ2v) is 3.67. The van der Waals surface area contributed by atoms with Crippen molar-refractivity contribution in [2.45, 2.75) is 5.60 Å². The summed E-state index contributed by atoms with van der Waals surface area (Å²) in [5, 5.41) is 13.2. The van der Waals surface area contributed by atoms with Crippen molar-refractivity contribution in [3.63, 3.8) is 0 Å². The number of hydrogen-bond donors (Lipinski definition) is 2. The Morgan fingerprint density at radius 1 is 1.46 bits per heavy atom. The van der Waals surface area contributed by atoms with Gasteiger partial charge >= 0.3 is 0 Å². The van der Waals surface area contributed by atoms with Gasteiger partial charge in [0.25, 0.3) is 0 Å². The highest BCUT2D eigenvalue weighted by Gasteiger charge is 2.37. The van der Waals surface area contributed by atoms with Gasteiger partial charge in [0.05, 0.1) is 0 Å². The Kier molecular flexibility index (Phi) is 2.02. The SMILES string of the molecule is OC1(c2cc(F)ccc2Cl)CNC1. The number of nitrogens with one attached hydrogen (secondary N) is 1. The minimum atomic E-state index is -0.987. The van der Waals surface area contributed by atoms with Crippen molar-refractivity contribution >= 4 is 11.6 Å². The fourth-order valence-electron chi connectivity index (χ4n) is 1.41. The maximum atomic E-state index is 12.8. The number of hydrogen-bond acceptors (Lipinski definition) is 2. The molecule has 2 N–H and O–H groups in total. The summed E-state index contributed by atoms with van der Waals surface area (Å²) in [4.78, 5) is 0. The van der Waals surface area contributed by atoms with Crippen molar-refractivity contribution in [2.75, 3.05) is 13.1 Å². The molecule has 1 fully saturated rings. The average molecular weight is 202 g/mol. The lowest BCUT2D eigenvalue weighted by atomic mass is 9.88. The first-order valence-corrected chi connectivity index (χ1v) is 4.38. The van der Waals surface area contributed by atoms with Gasteiger partial charge in [0, 0.05) is 23.7 Å². The predicted molar refractivity (Wildman–Crippen MR) is 48.2 cm³/mol. The Morgan fingerprint density at radius 3 is 2.69 bits per heavy atom. The van der Waals surface area contributed by atoms with Gasteiger partial charge in [-0.1, -0.05) is 11.6 Å². The van der Waals surface area contributed by atoms with Gasteiger partial charge in [0.1, 0.15) is 11.4 Å². The molecule has 1 aliphatic rings. The molecule has 0 unspecified atom stereocenters. The molecule has 13 heavy (non-hydrogen) atoms. The summed E-state index contributed by atoms with van der Waals surface area (Å²) < 4.78 is 12.8. The van der Waals surface area contributed by atoms with Crippen LogP contribution in [-0.4, -0.2) is 18.2 Å². The first-order chi connectivity index (χ1) is 6.12. The van der Waals surface area contributed by atoms with E-state index in [0.29, 0.717) is 23.7 Å². The summed E-state index contributed by atoms with van der Waals surface area (Å²) in [6.07, 6.45) is 0. The number of β-amino-alcohol motifs (C(OH)–C–C–N with tert-alkyl or cyclic N) is 1. The third kappa shape index (κ3) is 1.43. The molecule has 1 saturated heterocycles. The maximum absolute atomic E-state index is 12.8. The molecule has 0 amide bonds. The lowest BCUT2D eigenvalue weighted by Gasteiger charge is -2.38. The molecule has 0 saturated carbocycles. The molecular formula is C9H9ClFNO. The quantitative estimate of drug-likeness (QED) is 0.717. The highest BCUT2D eigenvalue weighted by molar-refractivity contribution is 6.31. The molecule has 0 aromatic heterocycles. The fraction of sp³-hybridized carbons (Fsp3) is 0.333. The van der Waals surface area contributed by atoms with Crippen molar-refractivity contribution in [3.05, 3.63) is 34.6 Å². The van der Waals surface area contributed by atoms with E-state index in [1.165, 1.54) is 18.2 Å². The highest BCUT2D eigenvalue weighted by atomic mass is 35.5. The van der Waals surface area contributed by atoms with Crippen LogP contribution < -0.4 is 5.32 Å². The van der Waals surface area contributed by atoms with Crippen molar-refractivity contribution in [1.29, 1.82) is 0 Å². The van der Waals surface area contributed by atoms with Crippen molar-refractivity contribution < 1.29 is 9.50 Å². The van der Waals surface area contributed by atoms with E-state index in [1.807, 2.05) is 0 Å². The van der Waals surface area contributed by atoms with Crippen molar-refractivity contribution in [1.82, 2.24) is 5.32 Å². The molecular weight excluding hydrogens is 193 g/mol. The first-order valence-electron chi connectivity index (χ1n) is 4.00. The van der Waals surface area contributed by atoms with Gasteiger partial charge in [-0.25, -0.2) is 4.39 Å². The largest absolute Gasteiger partial charge is 0.382 e. The third-order valence-corrected chi connectivity index (χ3v) is 2.59. The molecule has 0 atom stereocenters. The summed E-state index contributed by atoms with van der Waals surface area (Å²) in [6, 6.07) is 4.02. The highest BCUT2D eigenvalue weighted by Crippen LogP contribution is 2.31. The van der Waals surface area contributed by atoms with E-state index in [1.54, 1.807) is 0 Å². The topological polar surface area (TPSA) is 32.3 Å². The van der Waals surface area contributed by atoms with Crippen molar-refractivity contribution in [3.8, 4) is 0 Å². The molecule has 70 valence electrons. The van der Waals surface area contributed by atoms with E-state index in [9.17, 15) is 9.50 Å². The first kappa shape index (κ1) is 8.94. The molecule has 4 heteroatoms. The second-order valence-electron chi connectivity index (χ2n) is 3.26. The van der Waals surface area contributed by atoms with E-state index in [-0.39, 0.29) is 5.82 Å². The zero-order valence-corrected chi connectivity index (χ0v) is 7.61. The molecule has 1 aromatic carbocycles. The summed E-state index contributed by atoms with van der Waals surface area (Å²) in [5.41, 5.74) is -0.521. The Labute approximate surface area is 80.3 Å². The van der Waals surface area contributed by atoms with E-state index in [2.05, 4.69) is 5.32 Å². The van der Waals surface area contributed by atoms with Crippen LogP contribution >= 0.6 is 11.6 Å². The van der Waals surface area contributed by atoms with E-state index in [0.717, 1.165) is 0 Å². The van der Waals surface area contributed by atoms with Gasteiger partial charge in [-0.05, 0) is 18.2 Å². The van der Waals surface area contributed by atoms with E-state index in [4.69, 9.17) is 11.6 Å². The lowest BCUT2D eigenvalue weighted by Crippen LogP contribution is -2.56. The van der Waals surface area contributed by atoms with Gasteiger partial charge in [0.2, 0.25) is 0 Å². The smallest absolute Gasteiger partial charge is 0.123 e. The standard InChI is InChI=1S/C9H9ClFNO/c10-8-2-1-6(11)3-7(8)9(13)4-12-5-9/h1-3,12-13H,4-5H2. The Bertz CT molecular complexity index is 338. The molecule has 1 aromatic rings. The van der Waals surface area contributed by atoms with Crippen LogP contribution in [-0.2, 0) is 5.60 Å². The third-order valence-electron chi connectivity index (χ3n) is 2.26. The molecule has 1 heterocycles. The summed E-state index contributed by atoms with van der Waals surface area (Å²) >= 11 is 5.84. The van der Waals surface area contributed by atoms with Gasteiger partial charge in [-0.2, -0.15) is 0 Å². The maximum Gasteiger partial charge on any atom is 0.123 e. The molecule has 1 aliphatic heterocycles. The van der Waals surface area contributed by atoms with Gasteiger partial charge in [-0.3, -0.25) is 0 Å². The Hall–Kier alpha value is -0.640. The number of aliphatic hydroxyl groups is 1. The van der Waals surface area contributed by atoms with E-state index < -0.39 is 5.60 Å².